The van der Waals surface area contributed by atoms with Crippen LogP contribution in [-0.4, -0.2) is 11.7 Å². The smallest absolute Gasteiger partial charge is 0.244 e. The summed E-state index contributed by atoms with van der Waals surface area (Å²) in [4.78, 5) is 0. The number of benzene rings is 3. The lowest BCUT2D eigenvalue weighted by atomic mass is 10.1. The van der Waals surface area contributed by atoms with E-state index in [0.717, 1.165) is 23.4 Å². The Hall–Kier alpha value is -2.50. The second-order valence-corrected chi connectivity index (χ2v) is 9.00. The fraction of sp³-hybridized carbons (Fsp3) is 0.192. The maximum atomic E-state index is 6.52. The van der Waals surface area contributed by atoms with Crippen molar-refractivity contribution in [2.24, 2.45) is 0 Å². The van der Waals surface area contributed by atoms with E-state index in [9.17, 15) is 0 Å². The summed E-state index contributed by atoms with van der Waals surface area (Å²) in [6.45, 7) is 1.80. The fourth-order valence-electron chi connectivity index (χ4n) is 3.55. The van der Waals surface area contributed by atoms with E-state index >= 15 is 0 Å². The van der Waals surface area contributed by atoms with Crippen LogP contribution in [0.5, 0.6) is 5.75 Å². The van der Waals surface area contributed by atoms with Gasteiger partial charge in [0.15, 0.2) is 0 Å². The van der Waals surface area contributed by atoms with Gasteiger partial charge in [0.1, 0.15) is 37.3 Å². The highest BCUT2D eigenvalue weighted by atomic mass is 35.5. The highest BCUT2D eigenvalue weighted by Gasteiger charge is 2.20. The lowest BCUT2D eigenvalue weighted by Gasteiger charge is -2.18. The topological polar surface area (TPSA) is 27.3 Å². The Bertz CT molecular complexity index is 1190. The zero-order valence-electron chi connectivity index (χ0n) is 18.1. The maximum absolute atomic E-state index is 6.52. The predicted octanol–water partition coefficient (Wildman–Crippen LogP) is 6.75. The molecule has 0 aliphatic heterocycles. The van der Waals surface area contributed by atoms with Gasteiger partial charge in [0.25, 0.3) is 0 Å². The van der Waals surface area contributed by atoms with Crippen molar-refractivity contribution >= 4 is 34.8 Å². The monoisotopic (exact) mass is 501 g/mol. The summed E-state index contributed by atoms with van der Waals surface area (Å²) in [5.41, 5.74) is 3.12. The van der Waals surface area contributed by atoms with E-state index in [1.165, 1.54) is 5.56 Å². The van der Waals surface area contributed by atoms with Crippen molar-refractivity contribution in [1.82, 2.24) is 4.57 Å². The first-order chi connectivity index (χ1) is 16.0. The van der Waals surface area contributed by atoms with E-state index in [1.807, 2.05) is 60.9 Å². The second-order valence-electron chi connectivity index (χ2n) is 7.72. The van der Waals surface area contributed by atoms with Crippen molar-refractivity contribution in [3.63, 3.8) is 0 Å². The Balaban J connectivity index is 1.50. The number of rotatable bonds is 9. The van der Waals surface area contributed by atoms with Crippen LogP contribution < -0.4 is 9.30 Å². The Morgan fingerprint density at radius 1 is 0.879 bits per heavy atom. The summed E-state index contributed by atoms with van der Waals surface area (Å²) in [5.74, 6) is 0.849. The van der Waals surface area contributed by atoms with E-state index in [0.29, 0.717) is 28.2 Å². The SMILES string of the molecule is COc1ccc(C[n+]2ccn(CC(OCc3ccc(Cl)cc3)c3ccc(Cl)cc3Cl)c2)cc1. The molecule has 4 nitrogen and oxygen atoms in total. The van der Waals surface area contributed by atoms with Crippen LogP contribution in [-0.2, 0) is 24.4 Å². The number of methoxy groups -OCH3 is 1. The molecular weight excluding hydrogens is 479 g/mol. The van der Waals surface area contributed by atoms with Gasteiger partial charge in [-0.2, -0.15) is 0 Å². The van der Waals surface area contributed by atoms with Gasteiger partial charge in [0.2, 0.25) is 6.33 Å². The van der Waals surface area contributed by atoms with Gasteiger partial charge in [-0.3, -0.25) is 0 Å². The first-order valence-electron chi connectivity index (χ1n) is 10.5. The molecule has 1 aromatic heterocycles. The lowest BCUT2D eigenvalue weighted by molar-refractivity contribution is -0.687. The zero-order valence-corrected chi connectivity index (χ0v) is 20.4. The molecule has 0 radical (unpaired) electrons. The molecule has 1 heterocycles. The van der Waals surface area contributed by atoms with Crippen molar-refractivity contribution in [3.05, 3.63) is 117 Å². The molecule has 0 amide bonds. The van der Waals surface area contributed by atoms with Gasteiger partial charge >= 0.3 is 0 Å². The largest absolute Gasteiger partial charge is 0.497 e. The molecule has 7 heteroatoms. The Morgan fingerprint density at radius 3 is 2.27 bits per heavy atom. The quantitative estimate of drug-likeness (QED) is 0.237. The highest BCUT2D eigenvalue weighted by Crippen LogP contribution is 2.30. The molecule has 0 N–H and O–H groups in total. The first-order valence-corrected chi connectivity index (χ1v) is 11.6. The van der Waals surface area contributed by atoms with Crippen molar-refractivity contribution in [2.75, 3.05) is 7.11 Å². The molecule has 0 aliphatic carbocycles. The van der Waals surface area contributed by atoms with E-state index < -0.39 is 0 Å². The van der Waals surface area contributed by atoms with Crippen LogP contribution in [0.2, 0.25) is 15.1 Å². The number of nitrogens with zero attached hydrogens (tertiary/aromatic N) is 2. The van der Waals surface area contributed by atoms with Crippen LogP contribution in [0.25, 0.3) is 0 Å². The first kappa shape index (κ1) is 23.7. The second kappa shape index (κ2) is 11.1. The third kappa shape index (κ3) is 6.52. The third-order valence-corrected chi connectivity index (χ3v) is 6.14. The standard InChI is InChI=1S/C26H24Cl3N2O2/c1-32-23-9-4-19(5-10-23)15-30-12-13-31(18-30)16-26(24-11-8-22(28)14-25(24)29)33-17-20-2-6-21(27)7-3-20/h2-14,18,26H,15-17H2,1H3/q+1. The highest BCUT2D eigenvalue weighted by molar-refractivity contribution is 6.35. The van der Waals surface area contributed by atoms with Gasteiger partial charge in [-0.1, -0.05) is 65.1 Å². The third-order valence-electron chi connectivity index (χ3n) is 5.32. The van der Waals surface area contributed by atoms with Crippen LogP contribution in [0.3, 0.4) is 0 Å². The van der Waals surface area contributed by atoms with Gasteiger partial charge in [0.05, 0.1) is 13.7 Å². The molecule has 0 saturated carbocycles. The summed E-state index contributed by atoms with van der Waals surface area (Å²) in [5, 5.41) is 1.88. The molecular formula is C26H24Cl3N2O2+. The number of hydrogen-bond acceptors (Lipinski definition) is 2. The van der Waals surface area contributed by atoms with Gasteiger partial charge in [-0.15, -0.1) is 0 Å². The summed E-state index contributed by atoms with van der Waals surface area (Å²) >= 11 is 18.6. The molecule has 0 spiro atoms. The Labute approximate surface area is 208 Å². The van der Waals surface area contributed by atoms with Crippen LogP contribution in [0, 0.1) is 0 Å². The van der Waals surface area contributed by atoms with E-state index in [2.05, 4.69) is 27.6 Å². The predicted molar refractivity (Wildman–Crippen MR) is 132 cm³/mol. The number of halogens is 3. The molecule has 1 unspecified atom stereocenters. The Kier molecular flexibility index (Phi) is 7.94. The summed E-state index contributed by atoms with van der Waals surface area (Å²) in [6.07, 6.45) is 5.88. The van der Waals surface area contributed by atoms with Gasteiger partial charge in [-0.05, 0) is 47.5 Å². The normalized spacial score (nSPS) is 12.0. The van der Waals surface area contributed by atoms with E-state index in [1.54, 1.807) is 13.2 Å². The minimum atomic E-state index is -0.257. The van der Waals surface area contributed by atoms with Crippen LogP contribution in [0.4, 0.5) is 0 Å². The average Bonchev–Trinajstić information content (AvgIpc) is 3.25. The Morgan fingerprint density at radius 2 is 1.58 bits per heavy atom. The molecule has 4 rings (SSSR count). The van der Waals surface area contributed by atoms with Crippen molar-refractivity contribution < 1.29 is 14.0 Å². The molecule has 3 aromatic carbocycles. The molecule has 0 bridgehead atoms. The number of hydrogen-bond donors (Lipinski definition) is 0. The maximum Gasteiger partial charge on any atom is 0.244 e. The number of imidazole rings is 1. The fourth-order valence-corrected chi connectivity index (χ4v) is 4.21. The number of ether oxygens (including phenoxy) is 2. The summed E-state index contributed by atoms with van der Waals surface area (Å²) in [7, 11) is 1.67. The minimum Gasteiger partial charge on any atom is -0.497 e. The van der Waals surface area contributed by atoms with Crippen LogP contribution in [0.1, 0.15) is 22.8 Å². The van der Waals surface area contributed by atoms with Crippen LogP contribution >= 0.6 is 34.8 Å². The zero-order chi connectivity index (χ0) is 23.2. The molecule has 0 saturated heterocycles. The van der Waals surface area contributed by atoms with Gasteiger partial charge < -0.3 is 9.47 Å². The van der Waals surface area contributed by atoms with E-state index in [-0.39, 0.29) is 6.10 Å². The van der Waals surface area contributed by atoms with Crippen molar-refractivity contribution in [1.29, 1.82) is 0 Å². The molecule has 1 atom stereocenters. The van der Waals surface area contributed by atoms with E-state index in [4.69, 9.17) is 44.3 Å². The van der Waals surface area contributed by atoms with Crippen molar-refractivity contribution in [3.8, 4) is 5.75 Å². The van der Waals surface area contributed by atoms with Gasteiger partial charge in [0, 0.05) is 20.6 Å². The average molecular weight is 503 g/mol. The minimum absolute atomic E-state index is 0.257. The molecule has 0 fully saturated rings. The summed E-state index contributed by atoms with van der Waals surface area (Å²) in [6, 6.07) is 21.2. The number of aromatic nitrogens is 2. The molecule has 170 valence electrons. The molecule has 4 aromatic rings. The van der Waals surface area contributed by atoms with Gasteiger partial charge in [-0.25, -0.2) is 9.13 Å². The summed E-state index contributed by atoms with van der Waals surface area (Å²) < 4.78 is 15.8. The molecule has 33 heavy (non-hydrogen) atoms. The van der Waals surface area contributed by atoms with Crippen LogP contribution in [0.15, 0.2) is 85.5 Å². The van der Waals surface area contributed by atoms with Crippen molar-refractivity contribution in [2.45, 2.75) is 25.8 Å². The lowest BCUT2D eigenvalue weighted by Crippen LogP contribution is -2.31. The molecule has 0 aliphatic rings.